The van der Waals surface area contributed by atoms with Crippen LogP contribution in [0.2, 0.25) is 0 Å². The Morgan fingerprint density at radius 2 is 1.95 bits per heavy atom. The fraction of sp³-hybridized carbons (Fsp3) is 0.480. The maximum Gasteiger partial charge on any atom is 0.245 e. The van der Waals surface area contributed by atoms with E-state index in [0.717, 1.165) is 35.2 Å². The van der Waals surface area contributed by atoms with Crippen molar-refractivity contribution in [2.45, 2.75) is 55.7 Å². The Morgan fingerprint density at radius 1 is 1.24 bits per heavy atom. The van der Waals surface area contributed by atoms with E-state index in [1.807, 2.05) is 21.6 Å². The SMILES string of the molecule is CC(=O)N(C)[C@@H](C)C(=O)N1CCC(CCn2cnc(N)c3nc(Sc4cc5c(cc4Br)OCO5)nc2-3)CC1. The number of hydrogen-bond donors (Lipinski definition) is 1. The highest BCUT2D eigenvalue weighted by atomic mass is 79.9. The summed E-state index contributed by atoms with van der Waals surface area (Å²) >= 11 is 5.00. The summed E-state index contributed by atoms with van der Waals surface area (Å²) < 4.78 is 13.8. The summed E-state index contributed by atoms with van der Waals surface area (Å²) in [5, 5.41) is 0.574. The molecule has 0 unspecified atom stereocenters. The molecule has 0 saturated carbocycles. The van der Waals surface area contributed by atoms with E-state index in [0.29, 0.717) is 53.0 Å². The number of hydrogen-bond acceptors (Lipinski definition) is 9. The summed E-state index contributed by atoms with van der Waals surface area (Å²) in [6, 6.07) is 3.34. The lowest BCUT2D eigenvalue weighted by Gasteiger charge is -2.35. The first-order valence-electron chi connectivity index (χ1n) is 12.5. The summed E-state index contributed by atoms with van der Waals surface area (Å²) in [6.07, 6.45) is 4.48. The van der Waals surface area contributed by atoms with Crippen LogP contribution in [-0.4, -0.2) is 74.1 Å². The van der Waals surface area contributed by atoms with Gasteiger partial charge in [-0.2, -0.15) is 0 Å². The lowest BCUT2D eigenvalue weighted by atomic mass is 9.93. The molecule has 1 fully saturated rings. The molecule has 0 aliphatic carbocycles. The first-order chi connectivity index (χ1) is 18.2. The zero-order valence-electron chi connectivity index (χ0n) is 21.5. The normalized spacial score (nSPS) is 16.2. The van der Waals surface area contributed by atoms with E-state index < -0.39 is 6.04 Å². The maximum absolute atomic E-state index is 12.8. The van der Waals surface area contributed by atoms with Crippen molar-refractivity contribution in [2.75, 3.05) is 32.7 Å². The molecule has 4 aliphatic rings. The molecule has 4 aliphatic heterocycles. The second kappa shape index (κ2) is 11.0. The molecule has 0 bridgehead atoms. The van der Waals surface area contributed by atoms with Gasteiger partial charge >= 0.3 is 0 Å². The first-order valence-corrected chi connectivity index (χ1v) is 14.1. The Labute approximate surface area is 233 Å². The smallest absolute Gasteiger partial charge is 0.245 e. The summed E-state index contributed by atoms with van der Waals surface area (Å²) in [5.74, 6) is 2.81. The first kappa shape index (κ1) is 26.5. The molecule has 38 heavy (non-hydrogen) atoms. The number of piperidine rings is 1. The Bertz CT molecular complexity index is 1330. The van der Waals surface area contributed by atoms with E-state index in [1.54, 1.807) is 20.3 Å². The van der Waals surface area contributed by atoms with Gasteiger partial charge < -0.3 is 29.6 Å². The highest BCUT2D eigenvalue weighted by Gasteiger charge is 2.29. The number of aryl methyl sites for hydroxylation is 1. The fourth-order valence-electron chi connectivity index (χ4n) is 4.68. The van der Waals surface area contributed by atoms with Gasteiger partial charge in [0.05, 0.1) is 6.33 Å². The fourth-order valence-corrected chi connectivity index (χ4v) is 6.04. The van der Waals surface area contributed by atoms with Gasteiger partial charge in [0.1, 0.15) is 6.04 Å². The van der Waals surface area contributed by atoms with E-state index in [-0.39, 0.29) is 18.6 Å². The minimum Gasteiger partial charge on any atom is -0.454 e. The number of halogens is 1. The minimum absolute atomic E-state index is 0.00570. The number of nitrogens with two attached hydrogens (primary N) is 1. The summed E-state index contributed by atoms with van der Waals surface area (Å²) in [4.78, 5) is 42.4. The third kappa shape index (κ3) is 5.39. The molecule has 1 saturated heterocycles. The van der Waals surface area contributed by atoms with Crippen molar-refractivity contribution in [2.24, 2.45) is 5.92 Å². The van der Waals surface area contributed by atoms with Crippen LogP contribution in [-0.2, 0) is 16.1 Å². The molecular weight excluding hydrogens is 574 g/mol. The van der Waals surface area contributed by atoms with Crippen LogP contribution in [0.15, 0.2) is 33.0 Å². The average Bonchev–Trinajstić information content (AvgIpc) is 3.54. The largest absolute Gasteiger partial charge is 0.454 e. The van der Waals surface area contributed by atoms with Crippen molar-refractivity contribution >= 4 is 45.3 Å². The molecule has 0 radical (unpaired) electrons. The van der Waals surface area contributed by atoms with Gasteiger partial charge in [0.2, 0.25) is 18.6 Å². The summed E-state index contributed by atoms with van der Waals surface area (Å²) in [7, 11) is 1.67. The van der Waals surface area contributed by atoms with Crippen LogP contribution < -0.4 is 15.2 Å². The Hall–Kier alpha value is -3.06. The van der Waals surface area contributed by atoms with Gasteiger partial charge in [0.15, 0.2) is 34.0 Å². The molecule has 0 spiro atoms. The number of anilines is 1. The van der Waals surface area contributed by atoms with E-state index in [4.69, 9.17) is 20.2 Å². The summed E-state index contributed by atoms with van der Waals surface area (Å²) in [6.45, 7) is 5.58. The predicted molar refractivity (Wildman–Crippen MR) is 145 cm³/mol. The second-order valence-corrected chi connectivity index (χ2v) is 11.5. The van der Waals surface area contributed by atoms with Crippen LogP contribution in [0.25, 0.3) is 11.5 Å². The highest BCUT2D eigenvalue weighted by Crippen LogP contribution is 2.43. The Balaban J connectivity index is 1.22. The maximum atomic E-state index is 12.8. The monoisotopic (exact) mass is 603 g/mol. The lowest BCUT2D eigenvalue weighted by molar-refractivity contribution is -0.143. The van der Waals surface area contributed by atoms with Crippen molar-refractivity contribution in [3.63, 3.8) is 0 Å². The zero-order chi connectivity index (χ0) is 27.0. The number of nitrogen functional groups attached to an aromatic ring is 1. The van der Waals surface area contributed by atoms with Crippen LogP contribution in [0.4, 0.5) is 5.82 Å². The van der Waals surface area contributed by atoms with Gasteiger partial charge in [-0.1, -0.05) is 0 Å². The number of aromatic nitrogens is 4. The Morgan fingerprint density at radius 3 is 2.66 bits per heavy atom. The van der Waals surface area contributed by atoms with Crippen LogP contribution in [0.1, 0.15) is 33.1 Å². The molecule has 11 nitrogen and oxygen atoms in total. The lowest BCUT2D eigenvalue weighted by Crippen LogP contribution is -2.49. The topological polar surface area (TPSA) is 129 Å². The molecule has 13 heteroatoms. The van der Waals surface area contributed by atoms with E-state index in [9.17, 15) is 9.59 Å². The molecule has 202 valence electrons. The predicted octanol–water partition coefficient (Wildman–Crippen LogP) is 3.50. The third-order valence-electron chi connectivity index (χ3n) is 7.24. The van der Waals surface area contributed by atoms with Gasteiger partial charge in [-0.15, -0.1) is 0 Å². The number of likely N-dealkylation sites (tertiary alicyclic amines) is 1. The second-order valence-electron chi connectivity index (χ2n) is 9.60. The van der Waals surface area contributed by atoms with E-state index >= 15 is 0 Å². The van der Waals surface area contributed by atoms with Crippen molar-refractivity contribution < 1.29 is 19.1 Å². The number of imidazole rings is 1. The number of likely N-dealkylation sites (N-methyl/N-ethyl adjacent to an activating group) is 1. The summed E-state index contributed by atoms with van der Waals surface area (Å²) in [5.41, 5.74) is 6.72. The number of rotatable bonds is 7. The quantitative estimate of drug-likeness (QED) is 0.431. The molecule has 5 rings (SSSR count). The number of fused-ring (bicyclic) bond motifs is 2. The zero-order valence-corrected chi connectivity index (χ0v) is 23.9. The van der Waals surface area contributed by atoms with Crippen LogP contribution in [0, 0.1) is 5.92 Å². The average molecular weight is 605 g/mol. The molecule has 1 atom stereocenters. The van der Waals surface area contributed by atoms with Gasteiger partial charge in [-0.05, 0) is 71.9 Å². The standard InChI is InChI=1S/C25H30BrN7O4S/c1-14(31(3)15(2)34)24(35)32-7-4-16(5-8-32)6-9-33-12-28-22(27)21-23(33)30-25(29-21)38-20-11-19-18(10-17(20)26)36-13-37-19/h10-12,14,16H,4-9,13,27H2,1-3H3/t14-/m0/s1. The minimum atomic E-state index is -0.449. The van der Waals surface area contributed by atoms with Gasteiger partial charge in [0, 0.05) is 43.0 Å². The van der Waals surface area contributed by atoms with Crippen LogP contribution >= 0.6 is 27.7 Å². The van der Waals surface area contributed by atoms with Crippen molar-refractivity contribution in [1.29, 1.82) is 0 Å². The number of amides is 2. The van der Waals surface area contributed by atoms with Crippen molar-refractivity contribution in [1.82, 2.24) is 29.3 Å². The van der Waals surface area contributed by atoms with Crippen molar-refractivity contribution in [3.8, 4) is 23.0 Å². The molecule has 4 heterocycles. The van der Waals surface area contributed by atoms with Gasteiger partial charge in [-0.25, -0.2) is 15.0 Å². The van der Waals surface area contributed by atoms with Crippen LogP contribution in [0.3, 0.4) is 0 Å². The number of carbonyl (C=O) groups is 2. The highest BCUT2D eigenvalue weighted by molar-refractivity contribution is 9.10. The molecule has 1 aromatic rings. The van der Waals surface area contributed by atoms with Crippen molar-refractivity contribution in [3.05, 3.63) is 22.9 Å². The molecular formula is C25H30BrN7O4S. The van der Waals surface area contributed by atoms with Gasteiger partial charge in [0.25, 0.3) is 0 Å². The molecule has 0 aromatic heterocycles. The number of benzene rings is 1. The van der Waals surface area contributed by atoms with Gasteiger partial charge in [-0.3, -0.25) is 9.59 Å². The van der Waals surface area contributed by atoms with E-state index in [1.165, 1.54) is 23.6 Å². The van der Waals surface area contributed by atoms with E-state index in [2.05, 4.69) is 25.9 Å². The third-order valence-corrected chi connectivity index (χ3v) is 9.08. The molecule has 1 aromatic carbocycles. The number of nitrogens with zero attached hydrogens (tertiary/aromatic N) is 6. The molecule has 2 N–H and O–H groups in total. The number of ether oxygens (including phenoxy) is 2. The number of carbonyl (C=O) groups excluding carboxylic acids is 2. The van der Waals surface area contributed by atoms with Crippen LogP contribution in [0.5, 0.6) is 11.5 Å². The Kier molecular flexibility index (Phi) is 7.66. The molecule has 2 amide bonds.